The van der Waals surface area contributed by atoms with Crippen LogP contribution in [0.3, 0.4) is 0 Å². The van der Waals surface area contributed by atoms with Gasteiger partial charge in [0.05, 0.1) is 27.9 Å². The number of hydrogen-bond acceptors (Lipinski definition) is 6. The normalized spacial score (nSPS) is 12.1. The van der Waals surface area contributed by atoms with Gasteiger partial charge in [0.2, 0.25) is 0 Å². The second kappa shape index (κ2) is 6.30. The molecule has 3 aromatic rings. The molecule has 0 unspecified atom stereocenters. The molecule has 3 heterocycles. The second-order valence-corrected chi connectivity index (χ2v) is 7.46. The second-order valence-electron chi connectivity index (χ2n) is 5.51. The Balaban J connectivity index is 2.29. The molecule has 2 N–H and O–H groups in total. The number of carbonyl (C=O) groups is 1. The van der Waals surface area contributed by atoms with Crippen molar-refractivity contribution in [1.82, 2.24) is 4.98 Å². The van der Waals surface area contributed by atoms with Crippen molar-refractivity contribution in [2.24, 2.45) is 0 Å². The van der Waals surface area contributed by atoms with E-state index in [2.05, 4.69) is 4.98 Å². The fourth-order valence-electron chi connectivity index (χ4n) is 2.32. The lowest BCUT2D eigenvalue weighted by Crippen LogP contribution is -2.13. The molecule has 0 fully saturated rings. The van der Waals surface area contributed by atoms with Crippen molar-refractivity contribution < 1.29 is 22.7 Å². The third-order valence-electron chi connectivity index (χ3n) is 3.29. The predicted octanol–water partition coefficient (Wildman–Crippen LogP) is 5.19. The van der Waals surface area contributed by atoms with E-state index < -0.39 is 28.8 Å². The summed E-state index contributed by atoms with van der Waals surface area (Å²) in [4.78, 5) is 16.5. The maximum absolute atomic E-state index is 13.2. The first-order valence-electron chi connectivity index (χ1n) is 7.23. The summed E-state index contributed by atoms with van der Waals surface area (Å²) in [5.74, 6) is -0.724. The van der Waals surface area contributed by atoms with E-state index in [4.69, 9.17) is 10.5 Å². The molecule has 0 aliphatic heterocycles. The highest BCUT2D eigenvalue weighted by Gasteiger charge is 2.37. The summed E-state index contributed by atoms with van der Waals surface area (Å²) in [5, 5.41) is 1.81. The van der Waals surface area contributed by atoms with Crippen LogP contribution < -0.4 is 5.73 Å². The summed E-state index contributed by atoms with van der Waals surface area (Å²) in [6, 6.07) is 5.00. The van der Waals surface area contributed by atoms with Crippen LogP contribution in [0.4, 0.5) is 18.9 Å². The van der Waals surface area contributed by atoms with E-state index in [9.17, 15) is 18.0 Å². The van der Waals surface area contributed by atoms with Crippen LogP contribution in [0.2, 0.25) is 0 Å². The number of ether oxygens (including phenoxy) is 1. The zero-order valence-corrected chi connectivity index (χ0v) is 14.8. The molecule has 0 atom stereocenters. The van der Waals surface area contributed by atoms with Crippen LogP contribution in [0.5, 0.6) is 0 Å². The van der Waals surface area contributed by atoms with Crippen LogP contribution in [0.25, 0.3) is 20.8 Å². The highest BCUT2D eigenvalue weighted by molar-refractivity contribution is 7.19. The number of rotatable bonds is 3. The summed E-state index contributed by atoms with van der Waals surface area (Å²) in [7, 11) is 0. The van der Waals surface area contributed by atoms with Gasteiger partial charge in [-0.15, -0.1) is 22.7 Å². The fourth-order valence-corrected chi connectivity index (χ4v) is 3.99. The largest absolute Gasteiger partial charge is 0.459 e. The molecule has 0 radical (unpaired) electrons. The van der Waals surface area contributed by atoms with Gasteiger partial charge in [-0.25, -0.2) is 9.78 Å². The minimum Gasteiger partial charge on any atom is -0.459 e. The summed E-state index contributed by atoms with van der Waals surface area (Å²) < 4.78 is 44.7. The van der Waals surface area contributed by atoms with Gasteiger partial charge in [-0.05, 0) is 31.4 Å². The molecule has 3 aromatic heterocycles. The van der Waals surface area contributed by atoms with Gasteiger partial charge >= 0.3 is 12.1 Å². The molecule has 0 saturated carbocycles. The van der Waals surface area contributed by atoms with Crippen molar-refractivity contribution in [3.63, 3.8) is 0 Å². The minimum atomic E-state index is -4.61. The van der Waals surface area contributed by atoms with Crippen molar-refractivity contribution in [3.8, 4) is 10.6 Å². The van der Waals surface area contributed by atoms with Crippen LogP contribution in [0.1, 0.15) is 29.1 Å². The van der Waals surface area contributed by atoms with Crippen molar-refractivity contribution in [2.75, 3.05) is 5.73 Å². The molecule has 9 heteroatoms. The molecule has 0 bridgehead atoms. The topological polar surface area (TPSA) is 65.2 Å². The van der Waals surface area contributed by atoms with Gasteiger partial charge in [0.15, 0.2) is 0 Å². The van der Waals surface area contributed by atoms with E-state index in [1.54, 1.807) is 26.0 Å². The minimum absolute atomic E-state index is 0.00801. The Hall–Kier alpha value is -2.13. The molecule has 0 amide bonds. The van der Waals surface area contributed by atoms with Crippen molar-refractivity contribution >= 4 is 44.5 Å². The monoisotopic (exact) mass is 386 g/mol. The first-order chi connectivity index (χ1) is 11.7. The summed E-state index contributed by atoms with van der Waals surface area (Å²) >= 11 is 1.80. The smallest absolute Gasteiger partial charge is 0.427 e. The van der Waals surface area contributed by atoms with Crippen molar-refractivity contribution in [1.29, 1.82) is 0 Å². The lowest BCUT2D eigenvalue weighted by Gasteiger charge is -2.10. The van der Waals surface area contributed by atoms with Gasteiger partial charge < -0.3 is 10.5 Å². The van der Waals surface area contributed by atoms with Crippen LogP contribution in [0, 0.1) is 0 Å². The lowest BCUT2D eigenvalue weighted by atomic mass is 10.1. The first kappa shape index (κ1) is 17.7. The number of hydrogen-bond donors (Lipinski definition) is 1. The summed E-state index contributed by atoms with van der Waals surface area (Å²) in [5.41, 5.74) is 5.62. The van der Waals surface area contributed by atoms with Gasteiger partial charge in [-0.2, -0.15) is 13.2 Å². The Kier molecular flexibility index (Phi) is 4.46. The third kappa shape index (κ3) is 3.34. The van der Waals surface area contributed by atoms with Gasteiger partial charge in [0, 0.05) is 5.39 Å². The third-order valence-corrected chi connectivity index (χ3v) is 5.33. The van der Waals surface area contributed by atoms with E-state index in [0.717, 1.165) is 4.88 Å². The summed E-state index contributed by atoms with van der Waals surface area (Å²) in [6.45, 7) is 3.32. The molecule has 0 aliphatic carbocycles. The van der Waals surface area contributed by atoms with E-state index in [0.29, 0.717) is 17.0 Å². The van der Waals surface area contributed by atoms with E-state index in [1.807, 2.05) is 5.38 Å². The molecule has 0 saturated heterocycles. The number of fused-ring (bicyclic) bond motifs is 1. The number of thiophene rings is 2. The predicted molar refractivity (Wildman–Crippen MR) is 92.9 cm³/mol. The average Bonchev–Trinajstić information content (AvgIpc) is 3.13. The van der Waals surface area contributed by atoms with E-state index in [1.165, 1.54) is 17.4 Å². The number of halogens is 3. The maximum Gasteiger partial charge on any atom is 0.427 e. The zero-order chi connectivity index (χ0) is 18.4. The Morgan fingerprint density at radius 3 is 2.64 bits per heavy atom. The number of pyridine rings is 1. The maximum atomic E-state index is 13.2. The zero-order valence-electron chi connectivity index (χ0n) is 13.2. The standard InChI is InChI=1S/C16H13F3N2O2S2/c1-7(2)23-15(22)8-6-9(10-4-3-5-24-10)21-14-11(8)12(20)13(25-14)16(17,18)19/h3-7H,20H2,1-2H3. The van der Waals surface area contributed by atoms with Gasteiger partial charge in [-0.1, -0.05) is 6.07 Å². The van der Waals surface area contributed by atoms with E-state index >= 15 is 0 Å². The Labute approximate surface area is 149 Å². The van der Waals surface area contributed by atoms with Crippen LogP contribution in [-0.2, 0) is 10.9 Å². The highest BCUT2D eigenvalue weighted by Crippen LogP contribution is 2.45. The number of aromatic nitrogens is 1. The SMILES string of the molecule is CC(C)OC(=O)c1cc(-c2cccs2)nc2sc(C(F)(F)F)c(N)c12. The molecule has 3 rings (SSSR count). The number of nitrogen functional groups attached to an aromatic ring is 1. The quantitative estimate of drug-likeness (QED) is 0.629. The number of anilines is 1. The Morgan fingerprint density at radius 1 is 1.36 bits per heavy atom. The molecule has 25 heavy (non-hydrogen) atoms. The molecule has 132 valence electrons. The van der Waals surface area contributed by atoms with Crippen LogP contribution in [0.15, 0.2) is 23.6 Å². The molecule has 0 aromatic carbocycles. The van der Waals surface area contributed by atoms with Gasteiger partial charge in [0.1, 0.15) is 9.71 Å². The van der Waals surface area contributed by atoms with Gasteiger partial charge in [0.25, 0.3) is 0 Å². The average molecular weight is 386 g/mol. The number of esters is 1. The Morgan fingerprint density at radius 2 is 2.08 bits per heavy atom. The number of nitrogens with two attached hydrogens (primary N) is 1. The van der Waals surface area contributed by atoms with Crippen molar-refractivity contribution in [3.05, 3.63) is 34.0 Å². The first-order valence-corrected chi connectivity index (χ1v) is 8.93. The molecule has 0 spiro atoms. The van der Waals surface area contributed by atoms with Gasteiger partial charge in [-0.3, -0.25) is 0 Å². The Bertz CT molecular complexity index is 931. The highest BCUT2D eigenvalue weighted by atomic mass is 32.1. The van der Waals surface area contributed by atoms with E-state index in [-0.39, 0.29) is 15.8 Å². The molecular formula is C16H13F3N2O2S2. The fraction of sp³-hybridized carbons (Fsp3) is 0.250. The molecular weight excluding hydrogens is 373 g/mol. The summed E-state index contributed by atoms with van der Waals surface area (Å²) in [6.07, 6.45) is -5.03. The number of carbonyl (C=O) groups excluding carboxylic acids is 1. The number of nitrogens with zero attached hydrogens (tertiary/aromatic N) is 1. The van der Waals surface area contributed by atoms with Crippen LogP contribution in [-0.4, -0.2) is 17.1 Å². The van der Waals surface area contributed by atoms with Crippen LogP contribution >= 0.6 is 22.7 Å². The lowest BCUT2D eigenvalue weighted by molar-refractivity contribution is -0.133. The van der Waals surface area contributed by atoms with Crippen molar-refractivity contribution in [2.45, 2.75) is 26.1 Å². The molecule has 4 nitrogen and oxygen atoms in total. The number of alkyl halides is 3. The molecule has 0 aliphatic rings.